The summed E-state index contributed by atoms with van der Waals surface area (Å²) in [4.78, 5) is 3.09. The third-order valence-corrected chi connectivity index (χ3v) is 3.85. The van der Waals surface area contributed by atoms with Gasteiger partial charge in [0, 0.05) is 6.04 Å². The Hall–Kier alpha value is -1.16. The first-order chi connectivity index (χ1) is 8.20. The van der Waals surface area contributed by atoms with Gasteiger partial charge in [-0.2, -0.15) is 0 Å². The molecule has 1 N–H and O–H groups in total. The highest BCUT2D eigenvalue weighted by atomic mass is 32.1. The lowest BCUT2D eigenvalue weighted by molar-refractivity contribution is 0.612. The Morgan fingerprint density at radius 2 is 2.35 bits per heavy atom. The number of nitrogens with one attached hydrogen (secondary N) is 1. The quantitative estimate of drug-likeness (QED) is 0.810. The van der Waals surface area contributed by atoms with Gasteiger partial charge in [0.05, 0.1) is 11.0 Å². The van der Waals surface area contributed by atoms with Gasteiger partial charge in [-0.1, -0.05) is 13.3 Å². The number of halogens is 1. The van der Waals surface area contributed by atoms with E-state index in [-0.39, 0.29) is 5.82 Å². The molecule has 2 atom stereocenters. The second kappa shape index (κ2) is 3.95. The van der Waals surface area contributed by atoms with Crippen LogP contribution in [0.2, 0.25) is 0 Å². The zero-order valence-electron chi connectivity index (χ0n) is 9.74. The first-order valence-electron chi connectivity index (χ1n) is 6.10. The van der Waals surface area contributed by atoms with Crippen LogP contribution in [0.3, 0.4) is 0 Å². The van der Waals surface area contributed by atoms with E-state index in [1.165, 1.54) is 31.4 Å². The largest absolute Gasteiger partial charge is 0.330 e. The fourth-order valence-corrected chi connectivity index (χ4v) is 3.01. The molecule has 0 bridgehead atoms. The number of rotatable bonds is 3. The molecule has 1 saturated carbocycles. The highest BCUT2D eigenvalue weighted by Crippen LogP contribution is 2.47. The number of H-pyrrole nitrogens is 1. The monoisotopic (exact) mass is 250 g/mol. The minimum absolute atomic E-state index is 0.221. The summed E-state index contributed by atoms with van der Waals surface area (Å²) in [7, 11) is 0. The van der Waals surface area contributed by atoms with Crippen LogP contribution in [0.25, 0.3) is 11.0 Å². The second-order valence-corrected chi connectivity index (χ2v) is 5.20. The molecule has 1 aromatic carbocycles. The summed E-state index contributed by atoms with van der Waals surface area (Å²) in [6, 6.07) is 5.34. The van der Waals surface area contributed by atoms with E-state index < -0.39 is 0 Å². The summed E-state index contributed by atoms with van der Waals surface area (Å²) < 4.78 is 16.0. The van der Waals surface area contributed by atoms with Crippen LogP contribution in [0, 0.1) is 16.5 Å². The lowest BCUT2D eigenvalue weighted by Crippen LogP contribution is -1.96. The van der Waals surface area contributed by atoms with E-state index >= 15 is 0 Å². The molecule has 17 heavy (non-hydrogen) atoms. The van der Waals surface area contributed by atoms with E-state index in [9.17, 15) is 4.39 Å². The van der Waals surface area contributed by atoms with Crippen molar-refractivity contribution in [1.29, 1.82) is 0 Å². The van der Waals surface area contributed by atoms with Crippen LogP contribution >= 0.6 is 12.2 Å². The maximum absolute atomic E-state index is 13.1. The molecule has 1 heterocycles. The van der Waals surface area contributed by atoms with Crippen LogP contribution in [-0.2, 0) is 0 Å². The summed E-state index contributed by atoms with van der Waals surface area (Å²) >= 11 is 5.33. The molecule has 90 valence electrons. The summed E-state index contributed by atoms with van der Waals surface area (Å²) in [6.45, 7) is 2.21. The fourth-order valence-electron chi connectivity index (χ4n) is 2.66. The van der Waals surface area contributed by atoms with Crippen LogP contribution in [0.15, 0.2) is 18.2 Å². The second-order valence-electron chi connectivity index (χ2n) is 4.81. The Morgan fingerprint density at radius 3 is 3.12 bits per heavy atom. The van der Waals surface area contributed by atoms with Gasteiger partial charge < -0.3 is 9.55 Å². The van der Waals surface area contributed by atoms with Crippen molar-refractivity contribution >= 4 is 23.3 Å². The van der Waals surface area contributed by atoms with E-state index in [4.69, 9.17) is 12.2 Å². The van der Waals surface area contributed by atoms with Crippen molar-refractivity contribution in [3.8, 4) is 0 Å². The van der Waals surface area contributed by atoms with Gasteiger partial charge in [0.15, 0.2) is 4.77 Å². The smallest absolute Gasteiger partial charge is 0.178 e. The van der Waals surface area contributed by atoms with Gasteiger partial charge in [0.2, 0.25) is 0 Å². The summed E-state index contributed by atoms with van der Waals surface area (Å²) in [5, 5.41) is 0. The van der Waals surface area contributed by atoms with Gasteiger partial charge in [0.25, 0.3) is 0 Å². The number of benzene rings is 1. The molecule has 1 aromatic heterocycles. The van der Waals surface area contributed by atoms with E-state index in [1.807, 2.05) is 6.07 Å². The normalized spacial score (nSPS) is 23.2. The van der Waals surface area contributed by atoms with E-state index in [0.29, 0.717) is 10.8 Å². The molecule has 3 rings (SSSR count). The third kappa shape index (κ3) is 1.80. The van der Waals surface area contributed by atoms with E-state index in [2.05, 4.69) is 16.5 Å². The van der Waals surface area contributed by atoms with E-state index in [1.54, 1.807) is 0 Å². The molecule has 0 spiro atoms. The van der Waals surface area contributed by atoms with Crippen LogP contribution in [0.4, 0.5) is 4.39 Å². The van der Waals surface area contributed by atoms with Crippen LogP contribution in [0.5, 0.6) is 0 Å². The van der Waals surface area contributed by atoms with Crippen molar-refractivity contribution in [1.82, 2.24) is 9.55 Å². The van der Waals surface area contributed by atoms with Crippen LogP contribution < -0.4 is 0 Å². The summed E-state index contributed by atoms with van der Waals surface area (Å²) in [5.74, 6) is 0.526. The molecule has 0 radical (unpaired) electrons. The maximum atomic E-state index is 13.1. The molecule has 0 saturated heterocycles. The Kier molecular flexibility index (Phi) is 2.54. The van der Waals surface area contributed by atoms with Crippen molar-refractivity contribution < 1.29 is 4.39 Å². The zero-order valence-corrected chi connectivity index (χ0v) is 10.6. The van der Waals surface area contributed by atoms with Crippen molar-refractivity contribution in [3.05, 3.63) is 28.8 Å². The van der Waals surface area contributed by atoms with Crippen molar-refractivity contribution in [2.24, 2.45) is 5.92 Å². The van der Waals surface area contributed by atoms with Crippen molar-refractivity contribution in [3.63, 3.8) is 0 Å². The number of fused-ring (bicyclic) bond motifs is 1. The standard InChI is InChI=1S/C13H15FN2S/c1-2-3-8-6-12(8)16-11-5-4-9(14)7-10(11)15-13(16)17/h4-5,7-8,12H,2-3,6H2,1H3,(H,15,17). The maximum Gasteiger partial charge on any atom is 0.178 e. The van der Waals surface area contributed by atoms with Gasteiger partial charge in [-0.05, 0) is 49.2 Å². The Morgan fingerprint density at radius 1 is 1.53 bits per heavy atom. The average Bonchev–Trinajstić information content (AvgIpc) is 2.94. The molecule has 2 aromatic rings. The first kappa shape index (κ1) is 11.0. The Labute approximate surface area is 104 Å². The molecular formula is C13H15FN2S. The predicted octanol–water partition coefficient (Wildman–Crippen LogP) is 4.20. The Bertz CT molecular complexity index is 613. The highest BCUT2D eigenvalue weighted by Gasteiger charge is 2.38. The topological polar surface area (TPSA) is 20.7 Å². The molecule has 2 unspecified atom stereocenters. The minimum Gasteiger partial charge on any atom is -0.330 e. The lowest BCUT2D eigenvalue weighted by atomic mass is 10.2. The number of hydrogen-bond acceptors (Lipinski definition) is 1. The summed E-state index contributed by atoms with van der Waals surface area (Å²) in [5.41, 5.74) is 1.83. The predicted molar refractivity (Wildman–Crippen MR) is 69.1 cm³/mol. The number of aromatic nitrogens is 2. The molecule has 0 amide bonds. The van der Waals surface area contributed by atoms with Crippen molar-refractivity contribution in [2.75, 3.05) is 0 Å². The molecule has 4 heteroatoms. The molecule has 1 aliphatic carbocycles. The Balaban J connectivity index is 2.05. The van der Waals surface area contributed by atoms with Crippen LogP contribution in [0.1, 0.15) is 32.2 Å². The lowest BCUT2D eigenvalue weighted by Gasteiger charge is -2.03. The highest BCUT2D eigenvalue weighted by molar-refractivity contribution is 7.71. The molecule has 1 fully saturated rings. The van der Waals surface area contributed by atoms with Gasteiger partial charge in [0.1, 0.15) is 5.82 Å². The molecular weight excluding hydrogens is 235 g/mol. The molecule has 2 nitrogen and oxygen atoms in total. The van der Waals surface area contributed by atoms with Crippen molar-refractivity contribution in [2.45, 2.75) is 32.2 Å². The first-order valence-corrected chi connectivity index (χ1v) is 6.51. The molecule has 0 aliphatic heterocycles. The van der Waals surface area contributed by atoms with Gasteiger partial charge in [-0.15, -0.1) is 0 Å². The number of imidazole rings is 1. The SMILES string of the molecule is CCCC1CC1n1c(=S)[nH]c2cc(F)ccc21. The molecule has 1 aliphatic rings. The average molecular weight is 250 g/mol. The number of hydrogen-bond donors (Lipinski definition) is 1. The number of aromatic amines is 1. The number of nitrogens with zero attached hydrogens (tertiary/aromatic N) is 1. The van der Waals surface area contributed by atoms with Gasteiger partial charge in [-0.3, -0.25) is 0 Å². The summed E-state index contributed by atoms with van der Waals surface area (Å²) in [6.07, 6.45) is 3.66. The van der Waals surface area contributed by atoms with E-state index in [0.717, 1.165) is 17.0 Å². The fraction of sp³-hybridized carbons (Fsp3) is 0.462. The third-order valence-electron chi connectivity index (χ3n) is 3.55. The minimum atomic E-state index is -0.221. The zero-order chi connectivity index (χ0) is 12.0. The van der Waals surface area contributed by atoms with Gasteiger partial charge in [-0.25, -0.2) is 4.39 Å². The van der Waals surface area contributed by atoms with Crippen LogP contribution in [-0.4, -0.2) is 9.55 Å². The van der Waals surface area contributed by atoms with Gasteiger partial charge >= 0.3 is 0 Å².